The van der Waals surface area contributed by atoms with Gasteiger partial charge in [0.05, 0.1) is 25.0 Å². The summed E-state index contributed by atoms with van der Waals surface area (Å²) in [5.74, 6) is -1.18. The summed E-state index contributed by atoms with van der Waals surface area (Å²) >= 11 is 0. The highest BCUT2D eigenvalue weighted by atomic mass is 19.4. The number of pyridine rings is 1. The number of allylic oxidation sites excluding steroid dienone is 1. The summed E-state index contributed by atoms with van der Waals surface area (Å²) in [5.41, 5.74) is 1.03. The van der Waals surface area contributed by atoms with Gasteiger partial charge in [-0.1, -0.05) is 17.4 Å². The van der Waals surface area contributed by atoms with Crippen LogP contribution in [0.3, 0.4) is 0 Å². The molecule has 0 atom stereocenters. The Hall–Kier alpha value is -4.22. The number of rotatable bonds is 11. The van der Waals surface area contributed by atoms with E-state index in [2.05, 4.69) is 27.2 Å². The molecular formula is C23H23F3N6O3. The SMILES string of the molecule is C=CCCCOc1cc(C(=O)NCC(F)(F)F)ccc1-n1cc(C(=O)NCc2ccccn2)nn1. The summed E-state index contributed by atoms with van der Waals surface area (Å²) in [5, 5.41) is 12.3. The van der Waals surface area contributed by atoms with E-state index in [9.17, 15) is 22.8 Å². The second-order valence-corrected chi connectivity index (χ2v) is 7.31. The van der Waals surface area contributed by atoms with Crippen molar-refractivity contribution in [3.05, 3.63) is 78.4 Å². The number of nitrogens with one attached hydrogen (secondary N) is 2. The molecule has 2 heterocycles. The highest BCUT2D eigenvalue weighted by molar-refractivity contribution is 5.95. The van der Waals surface area contributed by atoms with Gasteiger partial charge in [0.25, 0.3) is 11.8 Å². The summed E-state index contributed by atoms with van der Waals surface area (Å²) in [6, 6.07) is 9.43. The lowest BCUT2D eigenvalue weighted by Crippen LogP contribution is -2.33. The first kappa shape index (κ1) is 25.4. The Morgan fingerprint density at radius 1 is 1.14 bits per heavy atom. The van der Waals surface area contributed by atoms with Crippen molar-refractivity contribution in [1.29, 1.82) is 0 Å². The first-order valence-corrected chi connectivity index (χ1v) is 10.6. The molecule has 184 valence electrons. The van der Waals surface area contributed by atoms with Crippen LogP contribution in [0.1, 0.15) is 39.4 Å². The van der Waals surface area contributed by atoms with Gasteiger partial charge in [-0.3, -0.25) is 14.6 Å². The Balaban J connectivity index is 1.77. The highest BCUT2D eigenvalue weighted by Crippen LogP contribution is 2.25. The van der Waals surface area contributed by atoms with Crippen LogP contribution < -0.4 is 15.4 Å². The fourth-order valence-electron chi connectivity index (χ4n) is 2.90. The molecule has 0 radical (unpaired) electrons. The molecule has 0 unspecified atom stereocenters. The van der Waals surface area contributed by atoms with E-state index in [1.54, 1.807) is 30.5 Å². The molecule has 3 rings (SSSR count). The number of alkyl halides is 3. The van der Waals surface area contributed by atoms with Gasteiger partial charge in [0.1, 0.15) is 18.0 Å². The molecule has 9 nitrogen and oxygen atoms in total. The lowest BCUT2D eigenvalue weighted by molar-refractivity contribution is -0.123. The van der Waals surface area contributed by atoms with Gasteiger partial charge in [0.2, 0.25) is 0 Å². The van der Waals surface area contributed by atoms with Crippen molar-refractivity contribution in [3.63, 3.8) is 0 Å². The van der Waals surface area contributed by atoms with Crippen LogP contribution in [-0.2, 0) is 6.54 Å². The number of aromatic nitrogens is 4. The van der Waals surface area contributed by atoms with Crippen LogP contribution in [0.25, 0.3) is 5.69 Å². The molecule has 0 saturated carbocycles. The van der Waals surface area contributed by atoms with Gasteiger partial charge in [0.15, 0.2) is 5.69 Å². The number of halogens is 3. The van der Waals surface area contributed by atoms with E-state index in [-0.39, 0.29) is 30.2 Å². The lowest BCUT2D eigenvalue weighted by atomic mass is 10.1. The van der Waals surface area contributed by atoms with Gasteiger partial charge >= 0.3 is 6.18 Å². The molecule has 0 saturated heterocycles. The summed E-state index contributed by atoms with van der Waals surface area (Å²) in [4.78, 5) is 28.8. The van der Waals surface area contributed by atoms with Gasteiger partial charge in [-0.2, -0.15) is 13.2 Å². The van der Waals surface area contributed by atoms with E-state index in [0.717, 1.165) is 0 Å². The van der Waals surface area contributed by atoms with Crippen LogP contribution in [0.5, 0.6) is 5.75 Å². The summed E-state index contributed by atoms with van der Waals surface area (Å²) in [6.45, 7) is 2.64. The molecule has 0 bridgehead atoms. The number of carbonyl (C=O) groups excluding carboxylic acids is 2. The van der Waals surface area contributed by atoms with Crippen LogP contribution in [0.4, 0.5) is 13.2 Å². The van der Waals surface area contributed by atoms with E-state index in [4.69, 9.17) is 4.74 Å². The second kappa shape index (κ2) is 11.8. The van der Waals surface area contributed by atoms with Crippen molar-refractivity contribution >= 4 is 11.8 Å². The number of hydrogen-bond donors (Lipinski definition) is 2. The van der Waals surface area contributed by atoms with Gasteiger partial charge in [-0.05, 0) is 43.2 Å². The Morgan fingerprint density at radius 2 is 1.97 bits per heavy atom. The average molecular weight is 488 g/mol. The number of hydrogen-bond acceptors (Lipinski definition) is 6. The van der Waals surface area contributed by atoms with Crippen LogP contribution in [0.15, 0.2) is 61.4 Å². The molecular weight excluding hydrogens is 465 g/mol. The van der Waals surface area contributed by atoms with Crippen molar-refractivity contribution in [2.75, 3.05) is 13.2 Å². The average Bonchev–Trinajstić information content (AvgIpc) is 3.34. The maximum absolute atomic E-state index is 12.5. The van der Waals surface area contributed by atoms with Crippen molar-refractivity contribution in [2.24, 2.45) is 0 Å². The molecule has 2 N–H and O–H groups in total. The topological polar surface area (TPSA) is 111 Å². The fourth-order valence-corrected chi connectivity index (χ4v) is 2.90. The smallest absolute Gasteiger partial charge is 0.405 e. The first-order chi connectivity index (χ1) is 16.8. The minimum atomic E-state index is -4.53. The third kappa shape index (κ3) is 7.66. The predicted octanol–water partition coefficient (Wildman–Crippen LogP) is 3.23. The maximum atomic E-state index is 12.5. The first-order valence-electron chi connectivity index (χ1n) is 10.6. The van der Waals surface area contributed by atoms with Crippen LogP contribution >= 0.6 is 0 Å². The van der Waals surface area contributed by atoms with E-state index in [1.165, 1.54) is 29.1 Å². The second-order valence-electron chi connectivity index (χ2n) is 7.31. The van der Waals surface area contributed by atoms with Gasteiger partial charge in [-0.15, -0.1) is 11.7 Å². The summed E-state index contributed by atoms with van der Waals surface area (Å²) in [6.07, 6.45) is 1.49. The minimum Gasteiger partial charge on any atom is -0.491 e. The molecule has 0 aliphatic carbocycles. The molecule has 2 amide bonds. The van der Waals surface area contributed by atoms with Crippen molar-refractivity contribution in [2.45, 2.75) is 25.6 Å². The molecule has 1 aromatic carbocycles. The third-order valence-electron chi connectivity index (χ3n) is 4.61. The zero-order valence-corrected chi connectivity index (χ0v) is 18.6. The van der Waals surface area contributed by atoms with Gasteiger partial charge in [-0.25, -0.2) is 4.68 Å². The largest absolute Gasteiger partial charge is 0.491 e. The van der Waals surface area contributed by atoms with E-state index in [1.807, 2.05) is 5.32 Å². The van der Waals surface area contributed by atoms with Gasteiger partial charge in [0, 0.05) is 11.8 Å². The predicted molar refractivity (Wildman–Crippen MR) is 120 cm³/mol. The molecule has 0 fully saturated rings. The highest BCUT2D eigenvalue weighted by Gasteiger charge is 2.28. The molecule has 0 aliphatic heterocycles. The van der Waals surface area contributed by atoms with Crippen LogP contribution in [0, 0.1) is 0 Å². The Bertz CT molecular complexity index is 1160. The normalized spacial score (nSPS) is 11.1. The van der Waals surface area contributed by atoms with Gasteiger partial charge < -0.3 is 15.4 Å². The Kier molecular flexibility index (Phi) is 8.54. The molecule has 0 aliphatic rings. The fraction of sp³-hybridized carbons (Fsp3) is 0.261. The minimum absolute atomic E-state index is 0.0230. The molecule has 0 spiro atoms. The molecule has 35 heavy (non-hydrogen) atoms. The Morgan fingerprint density at radius 3 is 2.69 bits per heavy atom. The third-order valence-corrected chi connectivity index (χ3v) is 4.61. The summed E-state index contributed by atoms with van der Waals surface area (Å²) in [7, 11) is 0. The van der Waals surface area contributed by atoms with Crippen LogP contribution in [-0.4, -0.2) is 51.1 Å². The van der Waals surface area contributed by atoms with Crippen molar-refractivity contribution in [3.8, 4) is 11.4 Å². The quantitative estimate of drug-likeness (QED) is 0.317. The number of carbonyl (C=O) groups is 2. The summed E-state index contributed by atoms with van der Waals surface area (Å²) < 4.78 is 44.4. The number of amides is 2. The zero-order chi connectivity index (χ0) is 25.3. The van der Waals surface area contributed by atoms with E-state index < -0.39 is 24.5 Å². The Labute approximate surface area is 199 Å². The van der Waals surface area contributed by atoms with Crippen molar-refractivity contribution in [1.82, 2.24) is 30.6 Å². The number of nitrogens with zero attached hydrogens (tertiary/aromatic N) is 4. The molecule has 3 aromatic rings. The van der Waals surface area contributed by atoms with Crippen molar-refractivity contribution < 1.29 is 27.5 Å². The van der Waals surface area contributed by atoms with E-state index >= 15 is 0 Å². The standard InChI is InChI=1S/C23H23F3N6O3/c1-2-3-6-11-35-20-12-16(21(33)29-15-23(24,25)26)8-9-19(20)32-14-18(30-31-32)22(34)28-13-17-7-4-5-10-27-17/h2,4-5,7-10,12,14H,1,3,6,11,13,15H2,(H,28,34)(H,29,33). The molecule has 2 aromatic heterocycles. The lowest BCUT2D eigenvalue weighted by Gasteiger charge is -2.13. The number of ether oxygens (including phenoxy) is 1. The molecule has 12 heteroatoms. The van der Waals surface area contributed by atoms with E-state index in [0.29, 0.717) is 24.2 Å². The number of benzene rings is 1. The monoisotopic (exact) mass is 488 g/mol. The zero-order valence-electron chi connectivity index (χ0n) is 18.6. The maximum Gasteiger partial charge on any atom is 0.405 e. The number of unbranched alkanes of at least 4 members (excludes halogenated alkanes) is 1. The van der Waals surface area contributed by atoms with Crippen LogP contribution in [0.2, 0.25) is 0 Å².